The number of likely N-dealkylation sites (tertiary alicyclic amines) is 1. The maximum absolute atomic E-state index is 12.2. The molecular weight excluding hydrogens is 268 g/mol. The van der Waals surface area contributed by atoms with Crippen LogP contribution in [0.5, 0.6) is 5.75 Å². The Balaban J connectivity index is 1.93. The quantitative estimate of drug-likeness (QED) is 0.869. The van der Waals surface area contributed by atoms with E-state index in [1.54, 1.807) is 7.11 Å². The van der Waals surface area contributed by atoms with E-state index in [1.165, 1.54) is 0 Å². The summed E-state index contributed by atoms with van der Waals surface area (Å²) >= 11 is 0. The zero-order chi connectivity index (χ0) is 15.2. The van der Waals surface area contributed by atoms with Crippen molar-refractivity contribution in [1.29, 1.82) is 0 Å². The number of nitrogens with one attached hydrogen (secondary N) is 1. The van der Waals surface area contributed by atoms with Crippen molar-refractivity contribution in [3.8, 4) is 5.75 Å². The molecule has 2 N–H and O–H groups in total. The van der Waals surface area contributed by atoms with E-state index in [-0.39, 0.29) is 18.6 Å². The zero-order valence-corrected chi connectivity index (χ0v) is 12.7. The lowest BCUT2D eigenvalue weighted by Gasteiger charge is -2.39. The second kappa shape index (κ2) is 7.43. The largest absolute Gasteiger partial charge is 0.497 e. The number of hydrogen-bond donors (Lipinski definition) is 2. The molecule has 0 radical (unpaired) electrons. The first-order valence-electron chi connectivity index (χ1n) is 7.44. The van der Waals surface area contributed by atoms with E-state index in [2.05, 4.69) is 17.1 Å². The van der Waals surface area contributed by atoms with Crippen molar-refractivity contribution in [2.45, 2.75) is 38.3 Å². The van der Waals surface area contributed by atoms with Crippen molar-refractivity contribution in [2.75, 3.05) is 25.6 Å². The summed E-state index contributed by atoms with van der Waals surface area (Å²) < 4.78 is 5.09. The molecule has 1 fully saturated rings. The van der Waals surface area contributed by atoms with Gasteiger partial charge in [-0.05, 0) is 44.0 Å². The first-order valence-corrected chi connectivity index (χ1v) is 7.44. The number of anilines is 1. The second-order valence-electron chi connectivity index (χ2n) is 5.57. The van der Waals surface area contributed by atoms with Crippen LogP contribution in [0.25, 0.3) is 0 Å². The molecule has 21 heavy (non-hydrogen) atoms. The van der Waals surface area contributed by atoms with Crippen molar-refractivity contribution in [1.82, 2.24) is 4.90 Å². The van der Waals surface area contributed by atoms with E-state index in [4.69, 9.17) is 4.74 Å². The Labute approximate surface area is 125 Å². The summed E-state index contributed by atoms with van der Waals surface area (Å²) in [5.41, 5.74) is 0.756. The van der Waals surface area contributed by atoms with E-state index in [0.29, 0.717) is 12.6 Å². The summed E-state index contributed by atoms with van der Waals surface area (Å²) in [6, 6.07) is 7.69. The number of nitrogens with zero attached hydrogens (tertiary/aromatic N) is 1. The standard InChI is InChI=1S/C16H24N2O3/c1-12-4-3-5-14(11-19)18(12)10-16(20)17-13-6-8-15(21-2)9-7-13/h6-9,12,14,19H,3-5,10-11H2,1-2H3,(H,17,20). The van der Waals surface area contributed by atoms with Gasteiger partial charge < -0.3 is 15.2 Å². The van der Waals surface area contributed by atoms with Gasteiger partial charge in [-0.1, -0.05) is 6.42 Å². The molecule has 2 atom stereocenters. The molecule has 1 aromatic carbocycles. The third-order valence-corrected chi connectivity index (χ3v) is 4.11. The van der Waals surface area contributed by atoms with Gasteiger partial charge in [0.05, 0.1) is 20.3 Å². The van der Waals surface area contributed by atoms with Crippen LogP contribution in [0.4, 0.5) is 5.69 Å². The first-order chi connectivity index (χ1) is 10.1. The Kier molecular flexibility index (Phi) is 5.59. The number of hydrogen-bond acceptors (Lipinski definition) is 4. The lowest BCUT2D eigenvalue weighted by atomic mass is 9.97. The molecule has 2 unspecified atom stereocenters. The van der Waals surface area contributed by atoms with Crippen LogP contribution < -0.4 is 10.1 Å². The Morgan fingerprint density at radius 2 is 2.10 bits per heavy atom. The molecule has 1 heterocycles. The van der Waals surface area contributed by atoms with Gasteiger partial charge in [0.25, 0.3) is 0 Å². The molecular formula is C16H24N2O3. The van der Waals surface area contributed by atoms with Crippen LogP contribution in [0.15, 0.2) is 24.3 Å². The fraction of sp³-hybridized carbons (Fsp3) is 0.562. The molecule has 1 amide bonds. The number of carbonyl (C=O) groups excluding carboxylic acids is 1. The number of piperidine rings is 1. The van der Waals surface area contributed by atoms with E-state index < -0.39 is 0 Å². The molecule has 5 heteroatoms. The van der Waals surface area contributed by atoms with E-state index in [9.17, 15) is 9.90 Å². The number of amides is 1. The summed E-state index contributed by atoms with van der Waals surface area (Å²) in [5, 5.41) is 12.3. The van der Waals surface area contributed by atoms with Crippen LogP contribution in [0.2, 0.25) is 0 Å². The average molecular weight is 292 g/mol. The van der Waals surface area contributed by atoms with Gasteiger partial charge in [-0.2, -0.15) is 0 Å². The zero-order valence-electron chi connectivity index (χ0n) is 12.7. The molecule has 0 bridgehead atoms. The normalized spacial score (nSPS) is 22.8. The molecule has 1 saturated heterocycles. The molecule has 1 aliphatic heterocycles. The molecule has 0 aliphatic carbocycles. The fourth-order valence-corrected chi connectivity index (χ4v) is 2.86. The number of benzene rings is 1. The van der Waals surface area contributed by atoms with Crippen molar-refractivity contribution in [2.24, 2.45) is 0 Å². The summed E-state index contributed by atoms with van der Waals surface area (Å²) in [4.78, 5) is 14.3. The summed E-state index contributed by atoms with van der Waals surface area (Å²) in [6.45, 7) is 2.54. The molecule has 1 aliphatic rings. The summed E-state index contributed by atoms with van der Waals surface area (Å²) in [7, 11) is 1.61. The highest BCUT2D eigenvalue weighted by molar-refractivity contribution is 5.92. The number of aliphatic hydroxyl groups is 1. The number of methoxy groups -OCH3 is 1. The van der Waals surface area contributed by atoms with E-state index in [1.807, 2.05) is 24.3 Å². The van der Waals surface area contributed by atoms with Crippen LogP contribution in [0.3, 0.4) is 0 Å². The molecule has 2 rings (SSSR count). The van der Waals surface area contributed by atoms with E-state index >= 15 is 0 Å². The predicted molar refractivity (Wildman–Crippen MR) is 82.5 cm³/mol. The Bertz CT molecular complexity index is 461. The van der Waals surface area contributed by atoms with Gasteiger partial charge in [0, 0.05) is 17.8 Å². The third-order valence-electron chi connectivity index (χ3n) is 4.11. The lowest BCUT2D eigenvalue weighted by molar-refractivity contribution is -0.119. The highest BCUT2D eigenvalue weighted by atomic mass is 16.5. The second-order valence-corrected chi connectivity index (χ2v) is 5.57. The smallest absolute Gasteiger partial charge is 0.238 e. The Morgan fingerprint density at radius 1 is 1.38 bits per heavy atom. The van der Waals surface area contributed by atoms with Crippen LogP contribution in [0.1, 0.15) is 26.2 Å². The monoisotopic (exact) mass is 292 g/mol. The maximum atomic E-state index is 12.2. The van der Waals surface area contributed by atoms with Crippen LogP contribution >= 0.6 is 0 Å². The van der Waals surface area contributed by atoms with Gasteiger partial charge in [-0.25, -0.2) is 0 Å². The van der Waals surface area contributed by atoms with Gasteiger partial charge >= 0.3 is 0 Å². The van der Waals surface area contributed by atoms with Crippen molar-refractivity contribution < 1.29 is 14.6 Å². The number of aliphatic hydroxyl groups excluding tert-OH is 1. The number of carbonyl (C=O) groups is 1. The molecule has 0 spiro atoms. The van der Waals surface area contributed by atoms with Crippen LogP contribution in [-0.4, -0.2) is 48.3 Å². The first kappa shape index (κ1) is 15.8. The maximum Gasteiger partial charge on any atom is 0.238 e. The molecule has 0 aromatic heterocycles. The Hall–Kier alpha value is -1.59. The molecule has 5 nitrogen and oxygen atoms in total. The van der Waals surface area contributed by atoms with Crippen molar-refractivity contribution in [3.63, 3.8) is 0 Å². The minimum absolute atomic E-state index is 0.0487. The number of ether oxygens (including phenoxy) is 1. The van der Waals surface area contributed by atoms with Gasteiger partial charge in [0.15, 0.2) is 0 Å². The highest BCUT2D eigenvalue weighted by Gasteiger charge is 2.28. The minimum Gasteiger partial charge on any atom is -0.497 e. The van der Waals surface area contributed by atoms with Crippen molar-refractivity contribution >= 4 is 11.6 Å². The van der Waals surface area contributed by atoms with Gasteiger partial charge in [-0.3, -0.25) is 9.69 Å². The highest BCUT2D eigenvalue weighted by Crippen LogP contribution is 2.22. The van der Waals surface area contributed by atoms with Crippen LogP contribution in [-0.2, 0) is 4.79 Å². The Morgan fingerprint density at radius 3 is 2.71 bits per heavy atom. The van der Waals surface area contributed by atoms with Gasteiger partial charge in [0.2, 0.25) is 5.91 Å². The predicted octanol–water partition coefficient (Wildman–Crippen LogP) is 1.87. The lowest BCUT2D eigenvalue weighted by Crippen LogP contribution is -2.50. The average Bonchev–Trinajstić information content (AvgIpc) is 2.50. The molecule has 0 saturated carbocycles. The van der Waals surface area contributed by atoms with E-state index in [0.717, 1.165) is 30.7 Å². The van der Waals surface area contributed by atoms with Crippen molar-refractivity contribution in [3.05, 3.63) is 24.3 Å². The topological polar surface area (TPSA) is 61.8 Å². The summed E-state index contributed by atoms with van der Waals surface area (Å²) in [6.07, 6.45) is 3.14. The summed E-state index contributed by atoms with van der Waals surface area (Å²) in [5.74, 6) is 0.713. The van der Waals surface area contributed by atoms with Gasteiger partial charge in [0.1, 0.15) is 5.75 Å². The fourth-order valence-electron chi connectivity index (χ4n) is 2.86. The van der Waals surface area contributed by atoms with Crippen LogP contribution in [0, 0.1) is 0 Å². The minimum atomic E-state index is -0.0487. The third kappa shape index (κ3) is 4.19. The van der Waals surface area contributed by atoms with Gasteiger partial charge in [-0.15, -0.1) is 0 Å². The SMILES string of the molecule is COc1ccc(NC(=O)CN2C(C)CCCC2CO)cc1. The molecule has 1 aromatic rings. The number of rotatable bonds is 5. The molecule has 116 valence electrons.